The van der Waals surface area contributed by atoms with Gasteiger partial charge in [0.15, 0.2) is 11.4 Å². The van der Waals surface area contributed by atoms with Crippen LogP contribution >= 0.6 is 0 Å². The third-order valence-corrected chi connectivity index (χ3v) is 3.36. The molecule has 0 amide bonds. The largest absolute Gasteiger partial charge is 0.479 e. The summed E-state index contributed by atoms with van der Waals surface area (Å²) >= 11 is 0. The molecule has 0 saturated carbocycles. The van der Waals surface area contributed by atoms with Crippen LogP contribution in [0.5, 0.6) is 0 Å². The lowest BCUT2D eigenvalue weighted by atomic mass is 9.99. The summed E-state index contributed by atoms with van der Waals surface area (Å²) in [4.78, 5) is 11.5. The van der Waals surface area contributed by atoms with Crippen molar-refractivity contribution in [3.05, 3.63) is 29.8 Å². The summed E-state index contributed by atoms with van der Waals surface area (Å²) in [5.41, 5.74) is 0.731. The molecule has 0 aliphatic heterocycles. The van der Waals surface area contributed by atoms with Gasteiger partial charge in [0, 0.05) is 5.56 Å². The van der Waals surface area contributed by atoms with Crippen molar-refractivity contribution in [3.8, 4) is 11.4 Å². The maximum atomic E-state index is 11.5. The molecule has 0 saturated heterocycles. The van der Waals surface area contributed by atoms with E-state index in [0.717, 1.165) is 11.1 Å². The molecule has 1 unspecified atom stereocenters. The summed E-state index contributed by atoms with van der Waals surface area (Å²) in [6.45, 7) is 5.38. The third-order valence-electron chi connectivity index (χ3n) is 3.36. The van der Waals surface area contributed by atoms with Crippen molar-refractivity contribution in [3.63, 3.8) is 0 Å². The second-order valence-corrected chi connectivity index (χ2v) is 4.72. The average Bonchev–Trinajstić information content (AvgIpc) is 2.87. The quantitative estimate of drug-likeness (QED) is 0.907. The van der Waals surface area contributed by atoms with Crippen molar-refractivity contribution in [2.75, 3.05) is 0 Å². The van der Waals surface area contributed by atoms with Crippen LogP contribution < -0.4 is 0 Å². The minimum Gasteiger partial charge on any atom is -0.479 e. The van der Waals surface area contributed by atoms with Gasteiger partial charge in [-0.15, -0.1) is 5.10 Å². The zero-order chi connectivity index (χ0) is 14.0. The summed E-state index contributed by atoms with van der Waals surface area (Å²) in [7, 11) is 0. The predicted octanol–water partition coefficient (Wildman–Crippen LogP) is 1.86. The number of tetrazole rings is 1. The highest BCUT2D eigenvalue weighted by molar-refractivity contribution is 5.77. The molecule has 19 heavy (non-hydrogen) atoms. The number of nitrogens with zero attached hydrogens (tertiary/aromatic N) is 4. The Kier molecular flexibility index (Phi) is 3.33. The fourth-order valence-corrected chi connectivity index (χ4v) is 1.88. The molecule has 6 heteroatoms. The second-order valence-electron chi connectivity index (χ2n) is 4.72. The van der Waals surface area contributed by atoms with E-state index in [1.54, 1.807) is 13.8 Å². The van der Waals surface area contributed by atoms with E-state index in [1.807, 2.05) is 31.2 Å². The Bertz CT molecular complexity index is 608. The van der Waals surface area contributed by atoms with Crippen molar-refractivity contribution in [2.24, 2.45) is 0 Å². The lowest BCUT2D eigenvalue weighted by molar-refractivity contribution is -0.147. The highest BCUT2D eigenvalue weighted by atomic mass is 16.4. The molecule has 2 rings (SSSR count). The Labute approximate surface area is 111 Å². The molecular weight excluding hydrogens is 244 g/mol. The maximum Gasteiger partial charge on any atom is 0.331 e. The minimum atomic E-state index is -1.15. The lowest BCUT2D eigenvalue weighted by Gasteiger charge is -2.24. The van der Waals surface area contributed by atoms with Crippen molar-refractivity contribution < 1.29 is 9.90 Å². The zero-order valence-corrected chi connectivity index (χ0v) is 11.2. The molecule has 0 fully saturated rings. The second kappa shape index (κ2) is 4.79. The number of rotatable bonds is 4. The minimum absolute atomic E-state index is 0.395. The molecule has 0 spiro atoms. The number of aromatic nitrogens is 4. The molecule has 0 aliphatic rings. The van der Waals surface area contributed by atoms with Gasteiger partial charge in [0.05, 0.1) is 0 Å². The lowest BCUT2D eigenvalue weighted by Crippen LogP contribution is -2.39. The van der Waals surface area contributed by atoms with Crippen molar-refractivity contribution in [1.82, 2.24) is 20.2 Å². The van der Waals surface area contributed by atoms with E-state index >= 15 is 0 Å². The number of carboxylic acid groups (broad SMARTS) is 1. The smallest absolute Gasteiger partial charge is 0.331 e. The molecule has 100 valence electrons. The van der Waals surface area contributed by atoms with Crippen LogP contribution in [0.2, 0.25) is 0 Å². The van der Waals surface area contributed by atoms with E-state index in [-0.39, 0.29) is 0 Å². The van der Waals surface area contributed by atoms with Gasteiger partial charge in [-0.1, -0.05) is 30.7 Å². The summed E-state index contributed by atoms with van der Waals surface area (Å²) in [5.74, 6) is -0.480. The van der Waals surface area contributed by atoms with E-state index in [0.29, 0.717) is 12.2 Å². The van der Waals surface area contributed by atoms with Crippen molar-refractivity contribution in [2.45, 2.75) is 32.7 Å². The topological polar surface area (TPSA) is 80.9 Å². The zero-order valence-electron chi connectivity index (χ0n) is 11.2. The summed E-state index contributed by atoms with van der Waals surface area (Å²) in [6, 6.07) is 7.66. The number of hydrogen-bond donors (Lipinski definition) is 1. The summed E-state index contributed by atoms with van der Waals surface area (Å²) in [6.07, 6.45) is 0.395. The number of carbonyl (C=O) groups is 1. The Morgan fingerprint density at radius 1 is 1.47 bits per heavy atom. The molecule has 1 aromatic carbocycles. The van der Waals surface area contributed by atoms with Crippen LogP contribution in [0.25, 0.3) is 11.4 Å². The van der Waals surface area contributed by atoms with Crippen LogP contribution in [0.3, 0.4) is 0 Å². The molecule has 0 bridgehead atoms. The Balaban J connectivity index is 2.57. The van der Waals surface area contributed by atoms with Gasteiger partial charge in [-0.05, 0) is 36.8 Å². The molecule has 1 aromatic heterocycles. The van der Waals surface area contributed by atoms with Gasteiger partial charge < -0.3 is 5.11 Å². The normalized spacial score (nSPS) is 14.1. The number of aliphatic carboxylic acids is 1. The Morgan fingerprint density at radius 2 is 2.21 bits per heavy atom. The van der Waals surface area contributed by atoms with E-state index in [1.165, 1.54) is 4.68 Å². The first-order chi connectivity index (χ1) is 8.99. The first kappa shape index (κ1) is 13.2. The van der Waals surface area contributed by atoms with E-state index in [2.05, 4.69) is 15.5 Å². The number of hydrogen-bond acceptors (Lipinski definition) is 4. The molecule has 0 radical (unpaired) electrons. The van der Waals surface area contributed by atoms with Crippen LogP contribution in [0.4, 0.5) is 0 Å². The summed E-state index contributed by atoms with van der Waals surface area (Å²) in [5, 5.41) is 20.9. The van der Waals surface area contributed by atoms with Crippen LogP contribution in [-0.2, 0) is 10.3 Å². The molecule has 6 nitrogen and oxygen atoms in total. The Morgan fingerprint density at radius 3 is 2.79 bits per heavy atom. The average molecular weight is 260 g/mol. The first-order valence-corrected chi connectivity index (χ1v) is 6.08. The van der Waals surface area contributed by atoms with Crippen LogP contribution in [0.1, 0.15) is 25.8 Å². The van der Waals surface area contributed by atoms with Crippen LogP contribution in [-0.4, -0.2) is 31.3 Å². The van der Waals surface area contributed by atoms with E-state index in [4.69, 9.17) is 0 Å². The van der Waals surface area contributed by atoms with Crippen LogP contribution in [0.15, 0.2) is 24.3 Å². The monoisotopic (exact) mass is 260 g/mol. The highest BCUT2D eigenvalue weighted by Crippen LogP contribution is 2.26. The third kappa shape index (κ3) is 2.21. The summed E-state index contributed by atoms with van der Waals surface area (Å²) < 4.78 is 1.38. The van der Waals surface area contributed by atoms with E-state index < -0.39 is 11.5 Å². The molecule has 1 N–H and O–H groups in total. The first-order valence-electron chi connectivity index (χ1n) is 6.08. The number of benzene rings is 1. The van der Waals surface area contributed by atoms with Crippen LogP contribution in [0, 0.1) is 6.92 Å². The van der Waals surface area contributed by atoms with Crippen molar-refractivity contribution >= 4 is 5.97 Å². The fraction of sp³-hybridized carbons (Fsp3) is 0.385. The van der Waals surface area contributed by atoms with Gasteiger partial charge in [-0.3, -0.25) is 0 Å². The molecule has 1 heterocycles. The van der Waals surface area contributed by atoms with E-state index in [9.17, 15) is 9.90 Å². The molecule has 0 aliphatic carbocycles. The fourth-order valence-electron chi connectivity index (χ4n) is 1.88. The van der Waals surface area contributed by atoms with Gasteiger partial charge in [0.2, 0.25) is 0 Å². The number of aryl methyl sites for hydroxylation is 1. The highest BCUT2D eigenvalue weighted by Gasteiger charge is 2.37. The van der Waals surface area contributed by atoms with Gasteiger partial charge in [0.1, 0.15) is 0 Å². The number of carboxylic acids is 1. The Hall–Kier alpha value is -2.24. The standard InChI is InChI=1S/C13H16N4O2/c1-4-13(3,12(18)19)17-11(14-15-16-17)10-7-5-6-9(2)8-10/h5-8H,4H2,1-3H3,(H,18,19). The SMILES string of the molecule is CCC(C)(C(=O)O)n1nnnc1-c1cccc(C)c1. The molecule has 1 atom stereocenters. The van der Waals surface area contributed by atoms with Gasteiger partial charge in [-0.25, -0.2) is 9.48 Å². The van der Waals surface area contributed by atoms with Gasteiger partial charge >= 0.3 is 5.97 Å². The van der Waals surface area contributed by atoms with Crippen molar-refractivity contribution in [1.29, 1.82) is 0 Å². The predicted molar refractivity (Wildman–Crippen MR) is 69.6 cm³/mol. The van der Waals surface area contributed by atoms with Gasteiger partial charge in [0.25, 0.3) is 0 Å². The maximum absolute atomic E-state index is 11.5. The molecule has 2 aromatic rings. The molecular formula is C13H16N4O2. The van der Waals surface area contributed by atoms with Gasteiger partial charge in [-0.2, -0.15) is 0 Å².